The van der Waals surface area contributed by atoms with Crippen molar-refractivity contribution in [3.05, 3.63) is 40.0 Å². The van der Waals surface area contributed by atoms with Crippen LogP contribution in [0.3, 0.4) is 0 Å². The van der Waals surface area contributed by atoms with Crippen LogP contribution in [0.1, 0.15) is 23.7 Å². The molecule has 96 valence electrons. The fourth-order valence-corrected chi connectivity index (χ4v) is 1.44. The number of nitrogens with zero attached hydrogens (tertiary/aromatic N) is 4. The summed E-state index contributed by atoms with van der Waals surface area (Å²) in [5, 5.41) is 15.4. The molecule has 0 radical (unpaired) electrons. The highest BCUT2D eigenvalue weighted by Crippen LogP contribution is 2.12. The van der Waals surface area contributed by atoms with Crippen LogP contribution in [0, 0.1) is 6.92 Å². The maximum Gasteiger partial charge on any atom is 0.325 e. The molecule has 1 heterocycles. The first-order valence-corrected chi connectivity index (χ1v) is 5.54. The van der Waals surface area contributed by atoms with Gasteiger partial charge >= 0.3 is 5.97 Å². The summed E-state index contributed by atoms with van der Waals surface area (Å²) in [6.07, 6.45) is 2.14. The monoisotopic (exact) mass is 249 g/mol. The molecule has 0 aliphatic heterocycles. The lowest BCUT2D eigenvalue weighted by Crippen LogP contribution is -2.29. The molecule has 0 amide bonds. The summed E-state index contributed by atoms with van der Waals surface area (Å²) in [5.41, 5.74) is 9.55. The number of rotatable bonds is 7. The quantitative estimate of drug-likeness (QED) is 0.332. The third-order valence-electron chi connectivity index (χ3n) is 2.36. The van der Waals surface area contributed by atoms with Gasteiger partial charge in [0.05, 0.1) is 0 Å². The summed E-state index contributed by atoms with van der Waals surface area (Å²) in [4.78, 5) is 17.8. The first-order valence-electron chi connectivity index (χ1n) is 5.54. The molecule has 0 fully saturated rings. The van der Waals surface area contributed by atoms with E-state index in [1.807, 2.05) is 6.92 Å². The van der Waals surface area contributed by atoms with Gasteiger partial charge in [0.15, 0.2) is 0 Å². The summed E-state index contributed by atoms with van der Waals surface area (Å²) < 4.78 is 0. The minimum atomic E-state index is -0.954. The second-order valence-corrected chi connectivity index (χ2v) is 3.77. The summed E-state index contributed by atoms with van der Waals surface area (Å²) in [6, 6.07) is 2.72. The van der Waals surface area contributed by atoms with Crippen molar-refractivity contribution in [1.29, 1.82) is 0 Å². The zero-order valence-corrected chi connectivity index (χ0v) is 10.1. The third-order valence-corrected chi connectivity index (χ3v) is 2.36. The Labute approximate surface area is 104 Å². The molecule has 2 N–H and O–H groups in total. The number of pyridine rings is 1. The number of carboxylic acid groups (broad SMARTS) is 1. The van der Waals surface area contributed by atoms with Crippen LogP contribution in [0.4, 0.5) is 0 Å². The van der Waals surface area contributed by atoms with E-state index in [9.17, 15) is 4.79 Å². The van der Waals surface area contributed by atoms with Crippen molar-refractivity contribution in [2.45, 2.75) is 19.4 Å². The standard InChI is InChI=1S/C11H15N5O2/c1-8-3-4-9(7-14-8)10(11(17)18)13-5-2-6-15-16-12/h3-4,7,10,13H,2,5-6H2,1H3,(H,17,18). The first kappa shape index (κ1) is 14.0. The van der Waals surface area contributed by atoms with Crippen molar-refractivity contribution in [2.75, 3.05) is 13.1 Å². The van der Waals surface area contributed by atoms with Crippen LogP contribution in [0.2, 0.25) is 0 Å². The van der Waals surface area contributed by atoms with Gasteiger partial charge in [-0.15, -0.1) is 0 Å². The van der Waals surface area contributed by atoms with Gasteiger partial charge in [-0.2, -0.15) is 0 Å². The lowest BCUT2D eigenvalue weighted by atomic mass is 10.1. The van der Waals surface area contributed by atoms with Gasteiger partial charge in [0.25, 0.3) is 0 Å². The minimum Gasteiger partial charge on any atom is -0.480 e. The van der Waals surface area contributed by atoms with E-state index < -0.39 is 12.0 Å². The number of carbonyl (C=O) groups is 1. The smallest absolute Gasteiger partial charge is 0.325 e. The van der Waals surface area contributed by atoms with Gasteiger partial charge in [0, 0.05) is 23.3 Å². The van der Waals surface area contributed by atoms with Crippen LogP contribution in [-0.2, 0) is 4.79 Å². The first-order chi connectivity index (χ1) is 8.65. The predicted octanol–water partition coefficient (Wildman–Crippen LogP) is 1.81. The van der Waals surface area contributed by atoms with Crippen LogP contribution in [0.15, 0.2) is 23.4 Å². The molecule has 0 aromatic carbocycles. The molecular formula is C11H15N5O2. The van der Waals surface area contributed by atoms with E-state index in [1.54, 1.807) is 18.3 Å². The Kier molecular flexibility index (Phi) is 5.63. The van der Waals surface area contributed by atoms with E-state index in [2.05, 4.69) is 20.3 Å². The average molecular weight is 249 g/mol. The van der Waals surface area contributed by atoms with Crippen molar-refractivity contribution in [1.82, 2.24) is 10.3 Å². The molecule has 0 saturated carbocycles. The van der Waals surface area contributed by atoms with Gasteiger partial charge in [-0.25, -0.2) is 0 Å². The Bertz CT molecular complexity index is 439. The van der Waals surface area contributed by atoms with Crippen LogP contribution in [-0.4, -0.2) is 29.1 Å². The molecule has 0 saturated heterocycles. The van der Waals surface area contributed by atoms with Gasteiger partial charge in [0.2, 0.25) is 0 Å². The minimum absolute atomic E-state index is 0.349. The molecule has 1 unspecified atom stereocenters. The van der Waals surface area contributed by atoms with Crippen molar-refractivity contribution in [2.24, 2.45) is 5.11 Å². The molecule has 1 aromatic heterocycles. The van der Waals surface area contributed by atoms with Gasteiger partial charge in [-0.05, 0) is 37.1 Å². The van der Waals surface area contributed by atoms with E-state index in [1.165, 1.54) is 0 Å². The largest absolute Gasteiger partial charge is 0.480 e. The molecule has 1 aromatic rings. The lowest BCUT2D eigenvalue weighted by Gasteiger charge is -2.14. The van der Waals surface area contributed by atoms with Gasteiger partial charge in [-0.3, -0.25) is 9.78 Å². The highest BCUT2D eigenvalue weighted by Gasteiger charge is 2.18. The summed E-state index contributed by atoms with van der Waals surface area (Å²) in [7, 11) is 0. The Morgan fingerprint density at radius 1 is 1.67 bits per heavy atom. The maximum atomic E-state index is 11.1. The topological polar surface area (TPSA) is 111 Å². The fraction of sp³-hybridized carbons (Fsp3) is 0.455. The van der Waals surface area contributed by atoms with Crippen molar-refractivity contribution in [3.63, 3.8) is 0 Å². The van der Waals surface area contributed by atoms with E-state index >= 15 is 0 Å². The van der Waals surface area contributed by atoms with Gasteiger partial charge in [0.1, 0.15) is 6.04 Å². The highest BCUT2D eigenvalue weighted by atomic mass is 16.4. The maximum absolute atomic E-state index is 11.1. The molecule has 1 atom stereocenters. The van der Waals surface area contributed by atoms with Crippen LogP contribution < -0.4 is 5.32 Å². The fourth-order valence-electron chi connectivity index (χ4n) is 1.44. The zero-order chi connectivity index (χ0) is 13.4. The Balaban J connectivity index is 2.57. The van der Waals surface area contributed by atoms with Gasteiger partial charge in [-0.1, -0.05) is 11.2 Å². The third kappa shape index (κ3) is 4.40. The normalized spacial score (nSPS) is 11.6. The Hall–Kier alpha value is -2.11. The van der Waals surface area contributed by atoms with E-state index in [0.29, 0.717) is 25.1 Å². The molecule has 7 nitrogen and oxygen atoms in total. The second kappa shape index (κ2) is 7.26. The Morgan fingerprint density at radius 2 is 2.44 bits per heavy atom. The molecule has 1 rings (SSSR count). The van der Waals surface area contributed by atoms with Crippen LogP contribution in [0.25, 0.3) is 10.4 Å². The number of azide groups is 1. The Morgan fingerprint density at radius 3 is 3.00 bits per heavy atom. The molecule has 7 heteroatoms. The summed E-state index contributed by atoms with van der Waals surface area (Å²) >= 11 is 0. The van der Waals surface area contributed by atoms with Crippen LogP contribution in [0.5, 0.6) is 0 Å². The zero-order valence-electron chi connectivity index (χ0n) is 10.1. The highest BCUT2D eigenvalue weighted by molar-refractivity contribution is 5.75. The second-order valence-electron chi connectivity index (χ2n) is 3.77. The van der Waals surface area contributed by atoms with Crippen molar-refractivity contribution < 1.29 is 9.90 Å². The molecule has 0 aliphatic rings. The van der Waals surface area contributed by atoms with Crippen molar-refractivity contribution >= 4 is 5.97 Å². The number of aliphatic carboxylic acids is 1. The molecular weight excluding hydrogens is 234 g/mol. The number of aryl methyl sites for hydroxylation is 1. The van der Waals surface area contributed by atoms with E-state index in [4.69, 9.17) is 10.6 Å². The number of carboxylic acids is 1. The lowest BCUT2D eigenvalue weighted by molar-refractivity contribution is -0.139. The summed E-state index contributed by atoms with van der Waals surface area (Å²) in [5.74, 6) is -0.954. The molecule has 18 heavy (non-hydrogen) atoms. The predicted molar refractivity (Wildman–Crippen MR) is 66.0 cm³/mol. The molecule has 0 bridgehead atoms. The average Bonchev–Trinajstić information content (AvgIpc) is 2.35. The number of hydrogen-bond donors (Lipinski definition) is 2. The SMILES string of the molecule is Cc1ccc(C(NCCCN=[N+]=[N-])C(=O)O)cn1. The number of nitrogens with one attached hydrogen (secondary N) is 1. The molecule has 0 aliphatic carbocycles. The molecule has 0 spiro atoms. The van der Waals surface area contributed by atoms with Crippen molar-refractivity contribution in [3.8, 4) is 0 Å². The van der Waals surface area contributed by atoms with Crippen LogP contribution >= 0.6 is 0 Å². The number of aromatic nitrogens is 1. The number of hydrogen-bond acceptors (Lipinski definition) is 4. The van der Waals surface area contributed by atoms with Gasteiger partial charge < -0.3 is 10.4 Å². The summed E-state index contributed by atoms with van der Waals surface area (Å²) in [6.45, 7) is 2.65. The van der Waals surface area contributed by atoms with E-state index in [-0.39, 0.29) is 0 Å². The van der Waals surface area contributed by atoms with E-state index in [0.717, 1.165) is 5.69 Å².